The van der Waals surface area contributed by atoms with Crippen molar-refractivity contribution in [1.82, 2.24) is 24.3 Å². The van der Waals surface area contributed by atoms with Gasteiger partial charge in [-0.1, -0.05) is 6.92 Å². The molecule has 0 saturated heterocycles. The molecule has 1 aromatic heterocycles. The first-order chi connectivity index (χ1) is 9.52. The Labute approximate surface area is 124 Å². The summed E-state index contributed by atoms with van der Waals surface area (Å²) in [5.41, 5.74) is 0. The summed E-state index contributed by atoms with van der Waals surface area (Å²) in [6.45, 7) is 8.54. The first kappa shape index (κ1) is 17.1. The highest BCUT2D eigenvalue weighted by molar-refractivity contribution is 4.92. The second-order valence-electron chi connectivity index (χ2n) is 5.92. The fraction of sp³-hybridized carbons (Fsp3) is 0.800. The predicted molar refractivity (Wildman–Crippen MR) is 84.9 cm³/mol. The van der Waals surface area contributed by atoms with E-state index in [1.54, 1.807) is 0 Å². The lowest BCUT2D eigenvalue weighted by molar-refractivity contribution is 0.206. The Morgan fingerprint density at radius 3 is 2.10 bits per heavy atom. The predicted octanol–water partition coefficient (Wildman–Crippen LogP) is 1.22. The zero-order valence-electron chi connectivity index (χ0n) is 13.8. The molecule has 0 fully saturated rings. The number of aromatic nitrogens is 2. The molecule has 0 amide bonds. The molecule has 0 unspecified atom stereocenters. The van der Waals surface area contributed by atoms with Crippen LogP contribution in [-0.2, 0) is 13.1 Å². The number of nitrogens with zero attached hydrogens (tertiary/aromatic N) is 5. The summed E-state index contributed by atoms with van der Waals surface area (Å²) < 4.78 is 2.28. The highest BCUT2D eigenvalue weighted by Gasteiger charge is 2.10. The van der Waals surface area contributed by atoms with Crippen LogP contribution in [0.4, 0.5) is 0 Å². The van der Waals surface area contributed by atoms with Crippen LogP contribution in [-0.4, -0.2) is 78.6 Å². The Morgan fingerprint density at radius 2 is 1.60 bits per heavy atom. The Morgan fingerprint density at radius 1 is 1.00 bits per heavy atom. The van der Waals surface area contributed by atoms with Crippen molar-refractivity contribution in [2.75, 3.05) is 54.4 Å². The van der Waals surface area contributed by atoms with Crippen molar-refractivity contribution in [1.29, 1.82) is 0 Å². The molecular formula is C15H31N5. The average molecular weight is 281 g/mol. The lowest BCUT2D eigenvalue weighted by atomic mass is 10.4. The van der Waals surface area contributed by atoms with Gasteiger partial charge < -0.3 is 14.4 Å². The Balaban J connectivity index is 2.59. The SMILES string of the molecule is CCCn1ccnc1CN(CCN(C)C)CCN(C)C. The lowest BCUT2D eigenvalue weighted by Gasteiger charge is -2.25. The van der Waals surface area contributed by atoms with Crippen LogP contribution in [0.25, 0.3) is 0 Å². The van der Waals surface area contributed by atoms with E-state index in [1.807, 2.05) is 6.20 Å². The molecule has 0 bridgehead atoms. The van der Waals surface area contributed by atoms with E-state index >= 15 is 0 Å². The van der Waals surface area contributed by atoms with Gasteiger partial charge in [-0.15, -0.1) is 0 Å². The van der Waals surface area contributed by atoms with Crippen LogP contribution in [0.2, 0.25) is 0 Å². The first-order valence-electron chi connectivity index (χ1n) is 7.54. The maximum atomic E-state index is 4.52. The molecule has 0 aliphatic heterocycles. The van der Waals surface area contributed by atoms with Gasteiger partial charge in [0, 0.05) is 45.1 Å². The van der Waals surface area contributed by atoms with Gasteiger partial charge in [-0.05, 0) is 34.6 Å². The maximum Gasteiger partial charge on any atom is 0.122 e. The number of imidazole rings is 1. The monoisotopic (exact) mass is 281 g/mol. The van der Waals surface area contributed by atoms with Gasteiger partial charge in [0.15, 0.2) is 0 Å². The van der Waals surface area contributed by atoms with E-state index in [9.17, 15) is 0 Å². The maximum absolute atomic E-state index is 4.52. The fourth-order valence-corrected chi connectivity index (χ4v) is 2.09. The molecule has 5 nitrogen and oxygen atoms in total. The van der Waals surface area contributed by atoms with Gasteiger partial charge in [-0.3, -0.25) is 4.90 Å². The minimum atomic E-state index is 0.939. The highest BCUT2D eigenvalue weighted by atomic mass is 15.2. The van der Waals surface area contributed by atoms with Gasteiger partial charge in [-0.2, -0.15) is 0 Å². The molecule has 0 atom stereocenters. The van der Waals surface area contributed by atoms with Crippen molar-refractivity contribution >= 4 is 0 Å². The summed E-state index contributed by atoms with van der Waals surface area (Å²) >= 11 is 0. The zero-order valence-corrected chi connectivity index (χ0v) is 13.8. The molecule has 20 heavy (non-hydrogen) atoms. The molecule has 1 heterocycles. The second kappa shape index (κ2) is 9.10. The molecule has 0 radical (unpaired) electrons. The van der Waals surface area contributed by atoms with Crippen LogP contribution in [0, 0.1) is 0 Å². The molecule has 0 aliphatic carbocycles. The van der Waals surface area contributed by atoms with Crippen molar-refractivity contribution < 1.29 is 0 Å². The van der Waals surface area contributed by atoms with Gasteiger partial charge in [0.2, 0.25) is 0 Å². The van der Waals surface area contributed by atoms with E-state index < -0.39 is 0 Å². The van der Waals surface area contributed by atoms with Crippen molar-refractivity contribution in [3.05, 3.63) is 18.2 Å². The average Bonchev–Trinajstić information content (AvgIpc) is 2.80. The number of hydrogen-bond acceptors (Lipinski definition) is 4. The molecule has 5 heteroatoms. The van der Waals surface area contributed by atoms with Gasteiger partial charge in [-0.25, -0.2) is 4.98 Å². The van der Waals surface area contributed by atoms with E-state index in [0.29, 0.717) is 0 Å². The molecular weight excluding hydrogens is 250 g/mol. The smallest absolute Gasteiger partial charge is 0.122 e. The van der Waals surface area contributed by atoms with E-state index in [2.05, 4.69) is 65.6 Å². The van der Waals surface area contributed by atoms with Crippen LogP contribution in [0.1, 0.15) is 19.2 Å². The molecule has 0 aromatic carbocycles. The molecule has 1 rings (SSSR count). The van der Waals surface area contributed by atoms with Crippen molar-refractivity contribution in [2.24, 2.45) is 0 Å². The fourth-order valence-electron chi connectivity index (χ4n) is 2.09. The largest absolute Gasteiger partial charge is 0.334 e. The third kappa shape index (κ3) is 6.50. The Hall–Kier alpha value is -0.910. The van der Waals surface area contributed by atoms with Crippen LogP contribution < -0.4 is 0 Å². The van der Waals surface area contributed by atoms with Gasteiger partial charge in [0.05, 0.1) is 6.54 Å². The highest BCUT2D eigenvalue weighted by Crippen LogP contribution is 2.04. The van der Waals surface area contributed by atoms with E-state index in [-0.39, 0.29) is 0 Å². The van der Waals surface area contributed by atoms with Crippen molar-refractivity contribution in [3.8, 4) is 0 Å². The standard InChI is InChI=1S/C15H31N5/c1-6-8-20-9-7-16-15(20)14-19(12-10-17(2)3)13-11-18(4)5/h7,9H,6,8,10-14H2,1-5H3. The number of aryl methyl sites for hydroxylation is 1. The van der Waals surface area contributed by atoms with Crippen LogP contribution in [0.3, 0.4) is 0 Å². The molecule has 0 saturated carbocycles. The molecule has 116 valence electrons. The van der Waals surface area contributed by atoms with E-state index in [4.69, 9.17) is 0 Å². The molecule has 0 aliphatic rings. The molecule has 0 N–H and O–H groups in total. The second-order valence-corrected chi connectivity index (χ2v) is 5.92. The summed E-state index contributed by atoms with van der Waals surface area (Å²) in [5, 5.41) is 0. The number of hydrogen-bond donors (Lipinski definition) is 0. The third-order valence-corrected chi connectivity index (χ3v) is 3.36. The first-order valence-corrected chi connectivity index (χ1v) is 7.54. The quantitative estimate of drug-likeness (QED) is 0.644. The zero-order chi connectivity index (χ0) is 15.0. The van der Waals surface area contributed by atoms with E-state index in [1.165, 1.54) is 5.82 Å². The summed E-state index contributed by atoms with van der Waals surface area (Å²) in [6.07, 6.45) is 5.16. The Bertz CT molecular complexity index is 347. The summed E-state index contributed by atoms with van der Waals surface area (Å²) in [6, 6.07) is 0. The number of rotatable bonds is 10. The van der Waals surface area contributed by atoms with Gasteiger partial charge >= 0.3 is 0 Å². The van der Waals surface area contributed by atoms with Crippen LogP contribution >= 0.6 is 0 Å². The van der Waals surface area contributed by atoms with Gasteiger partial charge in [0.1, 0.15) is 5.82 Å². The third-order valence-electron chi connectivity index (χ3n) is 3.36. The molecule has 1 aromatic rings. The van der Waals surface area contributed by atoms with E-state index in [0.717, 1.165) is 45.7 Å². The minimum Gasteiger partial charge on any atom is -0.334 e. The molecule has 0 spiro atoms. The Kier molecular flexibility index (Phi) is 7.80. The van der Waals surface area contributed by atoms with Crippen molar-refractivity contribution in [2.45, 2.75) is 26.4 Å². The minimum absolute atomic E-state index is 0.939. The van der Waals surface area contributed by atoms with Crippen LogP contribution in [0.5, 0.6) is 0 Å². The summed E-state index contributed by atoms with van der Waals surface area (Å²) in [4.78, 5) is 11.5. The van der Waals surface area contributed by atoms with Crippen molar-refractivity contribution in [3.63, 3.8) is 0 Å². The summed E-state index contributed by atoms with van der Waals surface area (Å²) in [5.74, 6) is 1.18. The number of likely N-dealkylation sites (N-methyl/N-ethyl adjacent to an activating group) is 2. The van der Waals surface area contributed by atoms with Crippen LogP contribution in [0.15, 0.2) is 12.4 Å². The summed E-state index contributed by atoms with van der Waals surface area (Å²) in [7, 11) is 8.51. The lowest BCUT2D eigenvalue weighted by Crippen LogP contribution is -2.36. The normalized spacial score (nSPS) is 12.0. The van der Waals surface area contributed by atoms with Gasteiger partial charge in [0.25, 0.3) is 0 Å². The topological polar surface area (TPSA) is 27.5 Å².